The number of aromatic nitrogens is 2. The smallest absolute Gasteiger partial charge is 0.257 e. The largest absolute Gasteiger partial charge is 0.419 e. The first-order valence-electron chi connectivity index (χ1n) is 7.21. The van der Waals surface area contributed by atoms with E-state index in [1.165, 1.54) is 0 Å². The van der Waals surface area contributed by atoms with E-state index >= 15 is 0 Å². The van der Waals surface area contributed by atoms with Crippen LogP contribution in [0.4, 0.5) is 0 Å². The molecule has 1 aliphatic heterocycles. The summed E-state index contributed by atoms with van der Waals surface area (Å²) >= 11 is 5.04. The summed E-state index contributed by atoms with van der Waals surface area (Å²) in [4.78, 5) is 3.35. The third kappa shape index (κ3) is 3.53. The summed E-state index contributed by atoms with van der Waals surface area (Å²) in [5.74, 6) is 1.84. The van der Waals surface area contributed by atoms with Crippen molar-refractivity contribution < 1.29 is 4.42 Å². The minimum atomic E-state index is 0.327. The molecule has 3 heterocycles. The number of piperidine rings is 1. The number of halogens is 1. The van der Waals surface area contributed by atoms with Crippen molar-refractivity contribution in [2.75, 3.05) is 13.1 Å². The maximum absolute atomic E-state index is 6.15. The molecule has 1 saturated heterocycles. The highest BCUT2D eigenvalue weighted by Crippen LogP contribution is 2.30. The third-order valence-corrected chi connectivity index (χ3v) is 5.62. The Hall–Kier alpha value is -0.760. The number of likely N-dealkylation sites (tertiary alicyclic amines) is 1. The van der Waals surface area contributed by atoms with E-state index < -0.39 is 0 Å². The molecular formula is C14H19BrN4OS. The lowest BCUT2D eigenvalue weighted by Crippen LogP contribution is -2.46. The fourth-order valence-electron chi connectivity index (χ4n) is 2.74. The second-order valence-electron chi connectivity index (χ2n) is 5.46. The normalized spacial score (nSPS) is 23.6. The number of nitrogens with two attached hydrogens (primary N) is 1. The molecule has 0 saturated carbocycles. The van der Waals surface area contributed by atoms with E-state index in [9.17, 15) is 0 Å². The zero-order valence-electron chi connectivity index (χ0n) is 12.0. The molecule has 1 fully saturated rings. The minimum absolute atomic E-state index is 0.327. The van der Waals surface area contributed by atoms with Crippen molar-refractivity contribution in [1.82, 2.24) is 15.1 Å². The first-order chi connectivity index (χ1) is 10.2. The number of thiophene rings is 1. The molecule has 114 valence electrons. The van der Waals surface area contributed by atoms with Crippen LogP contribution in [0.1, 0.15) is 25.7 Å². The zero-order valence-corrected chi connectivity index (χ0v) is 14.4. The van der Waals surface area contributed by atoms with Gasteiger partial charge in [0, 0.05) is 19.1 Å². The summed E-state index contributed by atoms with van der Waals surface area (Å²) < 4.78 is 6.84. The summed E-state index contributed by atoms with van der Waals surface area (Å²) in [5.41, 5.74) is 6.15. The molecule has 0 amide bonds. The van der Waals surface area contributed by atoms with Crippen molar-refractivity contribution >= 4 is 27.3 Å². The van der Waals surface area contributed by atoms with Gasteiger partial charge in [-0.15, -0.1) is 21.5 Å². The molecule has 1 aliphatic rings. The highest BCUT2D eigenvalue weighted by atomic mass is 79.9. The molecule has 2 unspecified atom stereocenters. The van der Waals surface area contributed by atoms with E-state index in [2.05, 4.69) is 38.0 Å². The molecule has 3 rings (SSSR count). The summed E-state index contributed by atoms with van der Waals surface area (Å²) in [5, 5.41) is 8.31. The van der Waals surface area contributed by atoms with Crippen molar-refractivity contribution in [2.24, 2.45) is 11.7 Å². The summed E-state index contributed by atoms with van der Waals surface area (Å²) in [6.07, 6.45) is 2.16. The topological polar surface area (TPSA) is 68.2 Å². The van der Waals surface area contributed by atoms with E-state index in [0.717, 1.165) is 34.6 Å². The van der Waals surface area contributed by atoms with Gasteiger partial charge < -0.3 is 10.2 Å². The molecular weight excluding hydrogens is 352 g/mol. The van der Waals surface area contributed by atoms with Crippen LogP contribution >= 0.6 is 27.3 Å². The van der Waals surface area contributed by atoms with Crippen LogP contribution in [0.15, 0.2) is 20.3 Å². The third-order valence-electron chi connectivity index (χ3n) is 4.01. The highest BCUT2D eigenvalue weighted by molar-refractivity contribution is 9.11. The van der Waals surface area contributed by atoms with Gasteiger partial charge in [0.2, 0.25) is 5.89 Å². The molecule has 7 heteroatoms. The molecule has 0 spiro atoms. The van der Waals surface area contributed by atoms with Crippen molar-refractivity contribution in [1.29, 1.82) is 0 Å². The number of hydrogen-bond acceptors (Lipinski definition) is 6. The first-order valence-corrected chi connectivity index (χ1v) is 8.82. The molecule has 21 heavy (non-hydrogen) atoms. The lowest BCUT2D eigenvalue weighted by molar-refractivity contribution is 0.135. The van der Waals surface area contributed by atoms with Gasteiger partial charge in [-0.2, -0.15) is 0 Å². The van der Waals surface area contributed by atoms with Crippen LogP contribution in [0.5, 0.6) is 0 Å². The van der Waals surface area contributed by atoms with Crippen LogP contribution < -0.4 is 5.73 Å². The Morgan fingerprint density at radius 3 is 3.05 bits per heavy atom. The second kappa shape index (κ2) is 6.56. The minimum Gasteiger partial charge on any atom is -0.419 e. The van der Waals surface area contributed by atoms with E-state index in [-0.39, 0.29) is 0 Å². The molecule has 0 aliphatic carbocycles. The van der Waals surface area contributed by atoms with Crippen molar-refractivity contribution in [3.05, 3.63) is 21.8 Å². The SMILES string of the molecule is CCC1CN(Cc2nnc(-c3ccc(Br)s3)o2)CCC1N. The zero-order chi connectivity index (χ0) is 14.8. The Labute approximate surface area is 136 Å². The molecule has 2 aromatic rings. The van der Waals surface area contributed by atoms with Gasteiger partial charge >= 0.3 is 0 Å². The number of nitrogens with zero attached hydrogens (tertiary/aromatic N) is 3. The standard InChI is InChI=1S/C14H19BrN4OS/c1-2-9-7-19(6-5-10(9)16)8-13-17-18-14(20-13)11-3-4-12(15)21-11/h3-4,9-10H,2,5-8,16H2,1H3. The maximum atomic E-state index is 6.15. The second-order valence-corrected chi connectivity index (χ2v) is 7.92. The molecule has 2 aromatic heterocycles. The van der Waals surface area contributed by atoms with Gasteiger partial charge in [-0.25, -0.2) is 0 Å². The van der Waals surface area contributed by atoms with Crippen LogP contribution in [0.3, 0.4) is 0 Å². The first kappa shape index (κ1) is 15.1. The maximum Gasteiger partial charge on any atom is 0.257 e. The van der Waals surface area contributed by atoms with Gasteiger partial charge in [-0.3, -0.25) is 4.90 Å². The average molecular weight is 371 g/mol. The van der Waals surface area contributed by atoms with Crippen LogP contribution in [0.2, 0.25) is 0 Å². The molecule has 0 radical (unpaired) electrons. The molecule has 0 bridgehead atoms. The Bertz CT molecular complexity index is 599. The van der Waals surface area contributed by atoms with E-state index in [1.807, 2.05) is 12.1 Å². The van der Waals surface area contributed by atoms with E-state index in [4.69, 9.17) is 10.2 Å². The van der Waals surface area contributed by atoms with Gasteiger partial charge in [-0.1, -0.05) is 13.3 Å². The van der Waals surface area contributed by atoms with Crippen LogP contribution in [0.25, 0.3) is 10.8 Å². The van der Waals surface area contributed by atoms with Crippen molar-refractivity contribution in [2.45, 2.75) is 32.4 Å². The van der Waals surface area contributed by atoms with Gasteiger partial charge in [0.25, 0.3) is 5.89 Å². The van der Waals surface area contributed by atoms with Gasteiger partial charge in [-0.05, 0) is 40.4 Å². The van der Waals surface area contributed by atoms with Crippen molar-refractivity contribution in [3.8, 4) is 10.8 Å². The lowest BCUT2D eigenvalue weighted by atomic mass is 9.91. The van der Waals surface area contributed by atoms with Crippen LogP contribution in [-0.2, 0) is 6.54 Å². The highest BCUT2D eigenvalue weighted by Gasteiger charge is 2.26. The number of rotatable bonds is 4. The van der Waals surface area contributed by atoms with Gasteiger partial charge in [0.1, 0.15) is 0 Å². The Kier molecular flexibility index (Phi) is 4.73. The van der Waals surface area contributed by atoms with E-state index in [0.29, 0.717) is 30.3 Å². The monoisotopic (exact) mass is 370 g/mol. The molecule has 0 aromatic carbocycles. The van der Waals surface area contributed by atoms with Gasteiger partial charge in [0.05, 0.1) is 15.2 Å². The van der Waals surface area contributed by atoms with Gasteiger partial charge in [0.15, 0.2) is 0 Å². The lowest BCUT2D eigenvalue weighted by Gasteiger charge is -2.35. The fraction of sp³-hybridized carbons (Fsp3) is 0.571. The predicted molar refractivity (Wildman–Crippen MR) is 87.0 cm³/mol. The quantitative estimate of drug-likeness (QED) is 0.895. The predicted octanol–water partition coefficient (Wildman–Crippen LogP) is 3.12. The number of hydrogen-bond donors (Lipinski definition) is 1. The summed E-state index contributed by atoms with van der Waals surface area (Å²) in [6.45, 7) is 4.93. The van der Waals surface area contributed by atoms with Crippen LogP contribution in [0, 0.1) is 5.92 Å². The molecule has 2 atom stereocenters. The summed E-state index contributed by atoms with van der Waals surface area (Å²) in [7, 11) is 0. The van der Waals surface area contributed by atoms with E-state index in [1.54, 1.807) is 11.3 Å². The van der Waals surface area contributed by atoms with Crippen molar-refractivity contribution in [3.63, 3.8) is 0 Å². The molecule has 5 nitrogen and oxygen atoms in total. The Morgan fingerprint density at radius 2 is 2.33 bits per heavy atom. The van der Waals surface area contributed by atoms with Crippen LogP contribution in [-0.4, -0.2) is 34.2 Å². The Balaban J connectivity index is 1.65. The molecule has 2 N–H and O–H groups in total. The summed E-state index contributed by atoms with van der Waals surface area (Å²) in [6, 6.07) is 4.30. The average Bonchev–Trinajstić information content (AvgIpc) is 3.10. The fourth-order valence-corrected chi connectivity index (χ4v) is 4.05. The Morgan fingerprint density at radius 1 is 1.48 bits per heavy atom.